The van der Waals surface area contributed by atoms with Crippen molar-refractivity contribution in [2.24, 2.45) is 9.98 Å². The van der Waals surface area contributed by atoms with E-state index in [1.807, 2.05) is 6.07 Å². The normalized spacial score (nSPS) is 7.93. The number of nitriles is 1. The van der Waals surface area contributed by atoms with Crippen LogP contribution in [0.25, 0.3) is 0 Å². The summed E-state index contributed by atoms with van der Waals surface area (Å²) in [5, 5.41) is 8.59. The van der Waals surface area contributed by atoms with E-state index in [0.717, 1.165) is 0 Å². The van der Waals surface area contributed by atoms with Crippen LogP contribution in [0.5, 0.6) is 0 Å². The van der Waals surface area contributed by atoms with Crippen molar-refractivity contribution in [1.29, 1.82) is 5.26 Å². The van der Waals surface area contributed by atoms with E-state index in [0.29, 0.717) is 0 Å². The Balaban J connectivity index is 3.34. The second kappa shape index (κ2) is 4.48. The highest BCUT2D eigenvalue weighted by atomic mass is 16.1. The first-order chi connectivity index (χ1) is 6.80. The van der Waals surface area contributed by atoms with Crippen LogP contribution in [0.1, 0.15) is 5.56 Å². The van der Waals surface area contributed by atoms with Gasteiger partial charge in [0.1, 0.15) is 0 Å². The minimum atomic E-state index is 0.230. The third-order valence-corrected chi connectivity index (χ3v) is 1.38. The molecular weight excluding hydrogens is 182 g/mol. The first kappa shape index (κ1) is 9.56. The van der Waals surface area contributed by atoms with Crippen LogP contribution in [0.4, 0.5) is 11.4 Å². The lowest BCUT2D eigenvalue weighted by Gasteiger charge is -1.94. The van der Waals surface area contributed by atoms with Gasteiger partial charge < -0.3 is 0 Å². The van der Waals surface area contributed by atoms with Gasteiger partial charge in [-0.2, -0.15) is 15.2 Å². The molecule has 0 aromatic heterocycles. The number of aliphatic imine (C=N–C) groups is 2. The summed E-state index contributed by atoms with van der Waals surface area (Å²) in [4.78, 5) is 26.5. The van der Waals surface area contributed by atoms with Crippen LogP contribution in [0.3, 0.4) is 0 Å². The van der Waals surface area contributed by atoms with Crippen molar-refractivity contribution in [3.63, 3.8) is 0 Å². The number of carbonyl (C=O) groups excluding carboxylic acids is 2. The number of nitrogens with zero attached hydrogens (tertiary/aromatic N) is 3. The Labute approximate surface area is 79.0 Å². The molecule has 5 nitrogen and oxygen atoms in total. The Morgan fingerprint density at radius 3 is 1.86 bits per heavy atom. The molecule has 1 rings (SSSR count). The van der Waals surface area contributed by atoms with Gasteiger partial charge in [0.25, 0.3) is 0 Å². The Morgan fingerprint density at radius 2 is 1.50 bits per heavy atom. The maximum Gasteiger partial charge on any atom is 0.240 e. The molecule has 1 aromatic carbocycles. The maximum atomic E-state index is 9.96. The predicted octanol–water partition coefficient (Wildman–Crippen LogP) is 1.49. The number of hydrogen-bond acceptors (Lipinski definition) is 5. The number of rotatable bonds is 2. The lowest BCUT2D eigenvalue weighted by molar-refractivity contribution is 0.565. The van der Waals surface area contributed by atoms with Crippen molar-refractivity contribution < 1.29 is 9.59 Å². The molecule has 5 heteroatoms. The minimum absolute atomic E-state index is 0.230. The Hall–Kier alpha value is -2.53. The predicted molar refractivity (Wildman–Crippen MR) is 46.7 cm³/mol. The van der Waals surface area contributed by atoms with E-state index in [2.05, 4.69) is 9.98 Å². The molecule has 0 heterocycles. The molecule has 0 spiro atoms. The standard InChI is InChI=1S/C9H3N3O2/c10-4-7-1-8(11-5-13)3-9(2-7)12-6-14/h1-3H. The van der Waals surface area contributed by atoms with Gasteiger partial charge in [0.15, 0.2) is 0 Å². The van der Waals surface area contributed by atoms with E-state index in [1.165, 1.54) is 30.4 Å². The molecule has 0 aliphatic rings. The molecule has 66 valence electrons. The number of hydrogen-bond donors (Lipinski definition) is 0. The van der Waals surface area contributed by atoms with Crippen LogP contribution in [0.15, 0.2) is 28.2 Å². The molecule has 0 bridgehead atoms. The van der Waals surface area contributed by atoms with Gasteiger partial charge in [-0.15, -0.1) is 0 Å². The first-order valence-corrected chi connectivity index (χ1v) is 3.51. The molecule has 0 saturated carbocycles. The Kier molecular flexibility index (Phi) is 3.06. The zero-order valence-corrected chi connectivity index (χ0v) is 6.89. The van der Waals surface area contributed by atoms with Gasteiger partial charge in [-0.3, -0.25) is 0 Å². The van der Waals surface area contributed by atoms with Crippen molar-refractivity contribution in [3.05, 3.63) is 23.8 Å². The third kappa shape index (κ3) is 2.23. The molecular formula is C9H3N3O2. The fraction of sp³-hybridized carbons (Fsp3) is 0. The quantitative estimate of drug-likeness (QED) is 0.516. The van der Waals surface area contributed by atoms with Crippen molar-refractivity contribution in [2.45, 2.75) is 0 Å². The van der Waals surface area contributed by atoms with Crippen LogP contribution < -0.4 is 0 Å². The van der Waals surface area contributed by atoms with Gasteiger partial charge in [-0.1, -0.05) is 0 Å². The zero-order valence-electron chi connectivity index (χ0n) is 6.89. The van der Waals surface area contributed by atoms with Crippen molar-refractivity contribution >= 4 is 23.5 Å². The van der Waals surface area contributed by atoms with Crippen LogP contribution >= 0.6 is 0 Å². The minimum Gasteiger partial charge on any atom is -0.211 e. The van der Waals surface area contributed by atoms with Crippen LogP contribution in [-0.4, -0.2) is 12.2 Å². The largest absolute Gasteiger partial charge is 0.240 e. The van der Waals surface area contributed by atoms with Crippen molar-refractivity contribution in [3.8, 4) is 6.07 Å². The van der Waals surface area contributed by atoms with Gasteiger partial charge in [-0.05, 0) is 18.2 Å². The summed E-state index contributed by atoms with van der Waals surface area (Å²) in [6.07, 6.45) is 2.66. The topological polar surface area (TPSA) is 82.7 Å². The van der Waals surface area contributed by atoms with Gasteiger partial charge in [-0.25, -0.2) is 9.59 Å². The highest BCUT2D eigenvalue weighted by molar-refractivity contribution is 5.62. The van der Waals surface area contributed by atoms with Gasteiger partial charge in [0.05, 0.1) is 23.0 Å². The number of benzene rings is 1. The molecule has 0 aliphatic heterocycles. The van der Waals surface area contributed by atoms with Gasteiger partial charge >= 0.3 is 0 Å². The molecule has 0 atom stereocenters. The van der Waals surface area contributed by atoms with E-state index >= 15 is 0 Å². The van der Waals surface area contributed by atoms with E-state index in [9.17, 15) is 9.59 Å². The summed E-state index contributed by atoms with van der Waals surface area (Å²) in [6, 6.07) is 5.98. The van der Waals surface area contributed by atoms with Gasteiger partial charge in [0.2, 0.25) is 12.2 Å². The van der Waals surface area contributed by atoms with Gasteiger partial charge in [0, 0.05) is 0 Å². The molecule has 0 saturated heterocycles. The van der Waals surface area contributed by atoms with Crippen molar-refractivity contribution in [2.75, 3.05) is 0 Å². The molecule has 14 heavy (non-hydrogen) atoms. The van der Waals surface area contributed by atoms with Crippen LogP contribution in [0.2, 0.25) is 0 Å². The van der Waals surface area contributed by atoms with E-state index < -0.39 is 0 Å². The second-order valence-corrected chi connectivity index (χ2v) is 2.26. The highest BCUT2D eigenvalue weighted by Gasteiger charge is 1.98. The highest BCUT2D eigenvalue weighted by Crippen LogP contribution is 2.22. The average Bonchev–Trinajstić information content (AvgIpc) is 2.18. The molecule has 0 amide bonds. The lowest BCUT2D eigenvalue weighted by atomic mass is 10.2. The Morgan fingerprint density at radius 1 is 1.00 bits per heavy atom. The molecule has 0 fully saturated rings. The molecule has 0 radical (unpaired) electrons. The zero-order chi connectivity index (χ0) is 10.4. The fourth-order valence-electron chi connectivity index (χ4n) is 0.894. The van der Waals surface area contributed by atoms with Crippen LogP contribution in [-0.2, 0) is 9.59 Å². The smallest absolute Gasteiger partial charge is 0.211 e. The molecule has 0 unspecified atom stereocenters. The number of isocyanates is 2. The van der Waals surface area contributed by atoms with E-state index in [1.54, 1.807) is 0 Å². The summed E-state index contributed by atoms with van der Waals surface area (Å²) < 4.78 is 0. The SMILES string of the molecule is N#Cc1cc(N=C=O)cc(N=C=O)c1. The lowest BCUT2D eigenvalue weighted by Crippen LogP contribution is -1.74. The average molecular weight is 185 g/mol. The van der Waals surface area contributed by atoms with E-state index in [-0.39, 0.29) is 16.9 Å². The monoisotopic (exact) mass is 185 g/mol. The molecule has 0 aliphatic carbocycles. The summed E-state index contributed by atoms with van der Waals surface area (Å²) in [5.41, 5.74) is 0.719. The maximum absolute atomic E-state index is 9.96. The Bertz CT molecular complexity index is 453. The summed E-state index contributed by atoms with van der Waals surface area (Å²) in [5.74, 6) is 0. The van der Waals surface area contributed by atoms with Crippen molar-refractivity contribution in [1.82, 2.24) is 0 Å². The molecule has 1 aromatic rings. The second-order valence-electron chi connectivity index (χ2n) is 2.26. The third-order valence-electron chi connectivity index (χ3n) is 1.38. The van der Waals surface area contributed by atoms with E-state index in [4.69, 9.17) is 5.26 Å². The summed E-state index contributed by atoms with van der Waals surface area (Å²) >= 11 is 0. The fourth-order valence-corrected chi connectivity index (χ4v) is 0.894. The van der Waals surface area contributed by atoms with Crippen LogP contribution in [0, 0.1) is 11.3 Å². The summed E-state index contributed by atoms with van der Waals surface area (Å²) in [6.45, 7) is 0. The molecule has 0 N–H and O–H groups in total. The summed E-state index contributed by atoms with van der Waals surface area (Å²) in [7, 11) is 0. The first-order valence-electron chi connectivity index (χ1n) is 3.51.